The molecule has 0 atom stereocenters. The SMILES string of the molecule is CCCSC.O=C1CCC(=O)N1Cl. The molecule has 0 unspecified atom stereocenters. The topological polar surface area (TPSA) is 37.4 Å². The summed E-state index contributed by atoms with van der Waals surface area (Å²) in [6.07, 6.45) is 3.97. The molecule has 0 spiro atoms. The van der Waals surface area contributed by atoms with Crippen molar-refractivity contribution in [2.24, 2.45) is 0 Å². The Hall–Kier alpha value is -0.220. The minimum Gasteiger partial charge on any atom is -0.273 e. The number of hydrogen-bond acceptors (Lipinski definition) is 3. The maximum Gasteiger partial charge on any atom is 0.244 e. The average Bonchev–Trinajstić information content (AvgIpc) is 2.39. The molecule has 1 saturated heterocycles. The number of thioether (sulfide) groups is 1. The number of halogens is 1. The highest BCUT2D eigenvalue weighted by Crippen LogP contribution is 2.12. The molecule has 5 heteroatoms. The Kier molecular flexibility index (Phi) is 7.09. The van der Waals surface area contributed by atoms with Crippen LogP contribution in [0.4, 0.5) is 0 Å². The summed E-state index contributed by atoms with van der Waals surface area (Å²) in [7, 11) is 0. The van der Waals surface area contributed by atoms with Crippen molar-refractivity contribution in [3.05, 3.63) is 0 Å². The monoisotopic (exact) mass is 223 g/mol. The van der Waals surface area contributed by atoms with Crippen LogP contribution in [0.25, 0.3) is 0 Å². The van der Waals surface area contributed by atoms with Gasteiger partial charge < -0.3 is 0 Å². The molecule has 0 aromatic rings. The van der Waals surface area contributed by atoms with Gasteiger partial charge >= 0.3 is 0 Å². The van der Waals surface area contributed by atoms with Crippen molar-refractivity contribution < 1.29 is 9.59 Å². The molecule has 76 valence electrons. The molecule has 3 nitrogen and oxygen atoms in total. The molecule has 1 aliphatic heterocycles. The molecule has 0 radical (unpaired) electrons. The van der Waals surface area contributed by atoms with Gasteiger partial charge in [0.2, 0.25) is 11.8 Å². The molecule has 0 bridgehead atoms. The van der Waals surface area contributed by atoms with Gasteiger partial charge in [-0.05, 0) is 18.4 Å². The fourth-order valence-corrected chi connectivity index (χ4v) is 1.33. The van der Waals surface area contributed by atoms with Crippen molar-refractivity contribution in [1.82, 2.24) is 4.42 Å². The largest absolute Gasteiger partial charge is 0.273 e. The standard InChI is InChI=1S/C4H4ClNO2.C4H10S/c5-6-3(7)1-2-4(6)8;1-3-4-5-2/h1-2H2;3-4H2,1-2H3. The van der Waals surface area contributed by atoms with Crippen molar-refractivity contribution in [2.75, 3.05) is 12.0 Å². The third kappa shape index (κ3) is 5.16. The lowest BCUT2D eigenvalue weighted by molar-refractivity contribution is -0.132. The number of rotatable bonds is 2. The fraction of sp³-hybridized carbons (Fsp3) is 0.750. The summed E-state index contributed by atoms with van der Waals surface area (Å²) in [6.45, 7) is 2.19. The molecule has 0 aromatic heterocycles. The van der Waals surface area contributed by atoms with Gasteiger partial charge in [0.05, 0.1) is 0 Å². The Morgan fingerprint density at radius 1 is 1.38 bits per heavy atom. The predicted octanol–water partition coefficient (Wildman–Crippen LogP) is 2.05. The zero-order valence-electron chi connectivity index (χ0n) is 7.88. The fourth-order valence-electron chi connectivity index (χ4n) is 0.753. The van der Waals surface area contributed by atoms with E-state index in [1.165, 1.54) is 12.2 Å². The minimum absolute atomic E-state index is 0.266. The highest BCUT2D eigenvalue weighted by Gasteiger charge is 2.26. The molecular weight excluding hydrogens is 210 g/mol. The number of carbonyl (C=O) groups excluding carboxylic acids is 2. The summed E-state index contributed by atoms with van der Waals surface area (Å²) < 4.78 is 0.639. The van der Waals surface area contributed by atoms with Crippen LogP contribution in [0.1, 0.15) is 26.2 Å². The smallest absolute Gasteiger partial charge is 0.244 e. The molecule has 0 saturated carbocycles. The highest BCUT2D eigenvalue weighted by atomic mass is 35.5. The first kappa shape index (κ1) is 12.8. The van der Waals surface area contributed by atoms with E-state index in [0.717, 1.165) is 0 Å². The minimum atomic E-state index is -0.295. The first-order chi connectivity index (χ1) is 6.13. The van der Waals surface area contributed by atoms with Crippen molar-refractivity contribution in [3.63, 3.8) is 0 Å². The van der Waals surface area contributed by atoms with Gasteiger partial charge in [0.25, 0.3) is 0 Å². The van der Waals surface area contributed by atoms with E-state index >= 15 is 0 Å². The van der Waals surface area contributed by atoms with Gasteiger partial charge in [-0.1, -0.05) is 6.92 Å². The van der Waals surface area contributed by atoms with E-state index in [1.807, 2.05) is 11.8 Å². The zero-order valence-corrected chi connectivity index (χ0v) is 9.45. The maximum absolute atomic E-state index is 10.4. The van der Waals surface area contributed by atoms with Crippen LogP contribution >= 0.6 is 23.5 Å². The second-order valence-electron chi connectivity index (χ2n) is 2.56. The van der Waals surface area contributed by atoms with E-state index < -0.39 is 0 Å². The van der Waals surface area contributed by atoms with Gasteiger partial charge in [0.15, 0.2) is 0 Å². The molecular formula is C8H14ClNO2S. The number of imide groups is 1. The lowest BCUT2D eigenvalue weighted by Gasteiger charge is -1.96. The predicted molar refractivity (Wildman–Crippen MR) is 55.6 cm³/mol. The average molecular weight is 224 g/mol. The Labute approximate surface area is 87.9 Å². The Morgan fingerprint density at radius 2 is 1.85 bits per heavy atom. The number of nitrogens with zero attached hydrogens (tertiary/aromatic N) is 1. The Balaban J connectivity index is 0.000000252. The first-order valence-corrected chi connectivity index (χ1v) is 5.87. The third-order valence-electron chi connectivity index (χ3n) is 1.40. The molecule has 2 amide bonds. The van der Waals surface area contributed by atoms with Crippen LogP contribution in [0, 0.1) is 0 Å². The van der Waals surface area contributed by atoms with E-state index in [1.54, 1.807) is 0 Å². The number of amides is 2. The third-order valence-corrected chi connectivity index (χ3v) is 2.59. The molecule has 0 N–H and O–H groups in total. The molecule has 1 aliphatic rings. The van der Waals surface area contributed by atoms with Crippen LogP contribution in [0.3, 0.4) is 0 Å². The summed E-state index contributed by atoms with van der Waals surface area (Å²) in [4.78, 5) is 20.7. The van der Waals surface area contributed by atoms with Gasteiger partial charge in [-0.3, -0.25) is 9.59 Å². The molecule has 1 fully saturated rings. The van der Waals surface area contributed by atoms with E-state index in [-0.39, 0.29) is 24.7 Å². The van der Waals surface area contributed by atoms with Crippen LogP contribution in [0.5, 0.6) is 0 Å². The van der Waals surface area contributed by atoms with Gasteiger partial charge in [-0.2, -0.15) is 16.2 Å². The van der Waals surface area contributed by atoms with Crippen molar-refractivity contribution in [3.8, 4) is 0 Å². The van der Waals surface area contributed by atoms with Crippen LogP contribution < -0.4 is 0 Å². The van der Waals surface area contributed by atoms with Gasteiger partial charge in [-0.15, -0.1) is 0 Å². The number of carbonyl (C=O) groups is 2. The van der Waals surface area contributed by atoms with E-state index in [0.29, 0.717) is 4.42 Å². The molecule has 13 heavy (non-hydrogen) atoms. The lowest BCUT2D eigenvalue weighted by atomic mass is 10.4. The summed E-state index contributed by atoms with van der Waals surface area (Å²) in [5, 5.41) is 0. The van der Waals surface area contributed by atoms with E-state index in [9.17, 15) is 9.59 Å². The molecule has 1 rings (SSSR count). The summed E-state index contributed by atoms with van der Waals surface area (Å²) >= 11 is 7.05. The molecule has 1 heterocycles. The summed E-state index contributed by atoms with van der Waals surface area (Å²) in [5.41, 5.74) is 0. The molecule has 0 aliphatic carbocycles. The van der Waals surface area contributed by atoms with Gasteiger partial charge in [0, 0.05) is 24.6 Å². The quantitative estimate of drug-likeness (QED) is 0.531. The van der Waals surface area contributed by atoms with Crippen molar-refractivity contribution in [1.29, 1.82) is 0 Å². The number of hydrogen-bond donors (Lipinski definition) is 0. The second kappa shape index (κ2) is 7.21. The normalized spacial score (nSPS) is 15.8. The van der Waals surface area contributed by atoms with Gasteiger partial charge in [0.1, 0.15) is 0 Å². The van der Waals surface area contributed by atoms with Crippen molar-refractivity contribution >= 4 is 35.4 Å². The Morgan fingerprint density at radius 3 is 1.92 bits per heavy atom. The zero-order chi connectivity index (χ0) is 10.3. The summed E-state index contributed by atoms with van der Waals surface area (Å²) in [5.74, 6) is 0.716. The Bertz CT molecular complexity index is 169. The lowest BCUT2D eigenvalue weighted by Crippen LogP contribution is -2.16. The van der Waals surface area contributed by atoms with Crippen LogP contribution in [0.2, 0.25) is 0 Å². The molecule has 0 aromatic carbocycles. The first-order valence-electron chi connectivity index (χ1n) is 4.14. The van der Waals surface area contributed by atoms with Gasteiger partial charge in [-0.25, -0.2) is 0 Å². The van der Waals surface area contributed by atoms with Crippen LogP contribution in [0.15, 0.2) is 0 Å². The summed E-state index contributed by atoms with van der Waals surface area (Å²) in [6, 6.07) is 0. The van der Waals surface area contributed by atoms with E-state index in [2.05, 4.69) is 13.2 Å². The van der Waals surface area contributed by atoms with Crippen LogP contribution in [-0.4, -0.2) is 28.2 Å². The maximum atomic E-state index is 10.4. The van der Waals surface area contributed by atoms with E-state index in [4.69, 9.17) is 11.8 Å². The van der Waals surface area contributed by atoms with Crippen molar-refractivity contribution in [2.45, 2.75) is 26.2 Å². The highest BCUT2D eigenvalue weighted by molar-refractivity contribution is 7.98. The van der Waals surface area contributed by atoms with Crippen LogP contribution in [-0.2, 0) is 9.59 Å². The second-order valence-corrected chi connectivity index (χ2v) is 3.88.